The third-order valence-electron chi connectivity index (χ3n) is 3.97. The van der Waals surface area contributed by atoms with E-state index in [1.165, 1.54) is 62.3 Å². The van der Waals surface area contributed by atoms with Crippen molar-refractivity contribution in [1.29, 1.82) is 0 Å². The van der Waals surface area contributed by atoms with Crippen molar-refractivity contribution in [2.45, 2.75) is 76.2 Å². The summed E-state index contributed by atoms with van der Waals surface area (Å²) in [4.78, 5) is 0. The molecule has 0 saturated heterocycles. The SMILES string of the molecule is CCCCC[CH2][Mg][c]1ccccc1CCCCCC. The molecule has 0 bridgehead atoms. The highest BCUT2D eigenvalue weighted by atomic mass is 24.5. The van der Waals surface area contributed by atoms with E-state index in [1.807, 2.05) is 0 Å². The highest BCUT2D eigenvalue weighted by Gasteiger charge is 2.04. The van der Waals surface area contributed by atoms with Gasteiger partial charge in [0.2, 0.25) is 0 Å². The number of hydrogen-bond acceptors (Lipinski definition) is 0. The average Bonchev–Trinajstić information content (AvgIpc) is 2.45. The van der Waals surface area contributed by atoms with Gasteiger partial charge in [-0.05, 0) is 12.8 Å². The molecule has 0 aliphatic heterocycles. The van der Waals surface area contributed by atoms with Crippen LogP contribution in [0.2, 0.25) is 4.55 Å². The third kappa shape index (κ3) is 7.99. The van der Waals surface area contributed by atoms with Crippen molar-refractivity contribution in [3.63, 3.8) is 0 Å². The molecular weight excluding hydrogens is 241 g/mol. The molecule has 104 valence electrons. The molecule has 0 aromatic heterocycles. The van der Waals surface area contributed by atoms with E-state index < -0.39 is 0 Å². The quantitative estimate of drug-likeness (QED) is 0.386. The van der Waals surface area contributed by atoms with Gasteiger partial charge in [0.1, 0.15) is 0 Å². The number of benzene rings is 1. The molecule has 1 aromatic rings. The molecular formula is C18H30Mg. The second kappa shape index (κ2) is 11.8. The van der Waals surface area contributed by atoms with Crippen LogP contribution in [0, 0.1) is 0 Å². The Morgan fingerprint density at radius 3 is 2.21 bits per heavy atom. The second-order valence-electron chi connectivity index (χ2n) is 5.74. The van der Waals surface area contributed by atoms with Crippen LogP contribution in [-0.2, 0) is 6.42 Å². The van der Waals surface area contributed by atoms with Crippen molar-refractivity contribution in [3.8, 4) is 0 Å². The molecule has 0 N–H and O–H groups in total. The number of aryl methyl sites for hydroxylation is 1. The maximum absolute atomic E-state index is 2.40. The Labute approximate surface area is 130 Å². The van der Waals surface area contributed by atoms with E-state index in [1.54, 1.807) is 9.26 Å². The fourth-order valence-corrected chi connectivity index (χ4v) is 4.61. The summed E-state index contributed by atoms with van der Waals surface area (Å²) in [6, 6.07) is 9.25. The molecule has 1 rings (SSSR count). The Bertz CT molecular complexity index is 319. The summed E-state index contributed by atoms with van der Waals surface area (Å²) in [5.74, 6) is 0. The molecule has 0 fully saturated rings. The van der Waals surface area contributed by atoms with Gasteiger partial charge in [0.25, 0.3) is 0 Å². The Kier molecular flexibility index (Phi) is 10.6. The van der Waals surface area contributed by atoms with Crippen LogP contribution in [0.1, 0.15) is 70.8 Å². The smallest absolute Gasteiger partial charge is 0.171 e. The molecule has 0 heterocycles. The predicted octanol–water partition coefficient (Wildman–Crippen LogP) is 5.14. The van der Waals surface area contributed by atoms with Gasteiger partial charge in [-0.2, -0.15) is 3.69 Å². The first-order valence-electron chi connectivity index (χ1n) is 8.45. The first-order chi connectivity index (χ1) is 9.38. The molecule has 1 heteroatoms. The van der Waals surface area contributed by atoms with E-state index in [0.717, 1.165) is 0 Å². The lowest BCUT2D eigenvalue weighted by molar-refractivity contribution is 0.668. The lowest BCUT2D eigenvalue weighted by Crippen LogP contribution is -2.18. The van der Waals surface area contributed by atoms with E-state index in [4.69, 9.17) is 0 Å². The van der Waals surface area contributed by atoms with Crippen LogP contribution in [-0.4, -0.2) is 20.4 Å². The summed E-state index contributed by atoms with van der Waals surface area (Å²) in [6.45, 7) is 4.58. The largest absolute Gasteiger partial charge is 0.409 e. The molecule has 19 heavy (non-hydrogen) atoms. The van der Waals surface area contributed by atoms with Crippen LogP contribution in [0.3, 0.4) is 0 Å². The van der Waals surface area contributed by atoms with Gasteiger partial charge in [0, 0.05) is 0 Å². The van der Waals surface area contributed by atoms with E-state index in [0.29, 0.717) is 0 Å². The summed E-state index contributed by atoms with van der Waals surface area (Å²) >= 11 is -0.00777. The molecule has 0 saturated carbocycles. The maximum Gasteiger partial charge on any atom is 0.409 e. The zero-order valence-corrected chi connectivity index (χ0v) is 14.5. The van der Waals surface area contributed by atoms with Crippen molar-refractivity contribution in [2.75, 3.05) is 0 Å². The highest BCUT2D eigenvalue weighted by Crippen LogP contribution is 2.08. The summed E-state index contributed by atoms with van der Waals surface area (Å²) in [6.07, 6.45) is 12.5. The summed E-state index contributed by atoms with van der Waals surface area (Å²) in [7, 11) is 0. The van der Waals surface area contributed by atoms with E-state index >= 15 is 0 Å². The molecule has 0 amide bonds. The fraction of sp³-hybridized carbons (Fsp3) is 0.667. The van der Waals surface area contributed by atoms with Crippen molar-refractivity contribution in [1.82, 2.24) is 0 Å². The van der Waals surface area contributed by atoms with Crippen molar-refractivity contribution < 1.29 is 0 Å². The minimum atomic E-state index is -0.00777. The van der Waals surface area contributed by atoms with Gasteiger partial charge in [0.15, 0.2) is 0 Å². The molecule has 0 spiro atoms. The minimum absolute atomic E-state index is 0.00777. The Morgan fingerprint density at radius 1 is 0.789 bits per heavy atom. The summed E-state index contributed by atoms with van der Waals surface area (Å²) < 4.78 is 3.25. The summed E-state index contributed by atoms with van der Waals surface area (Å²) in [5, 5.41) is 0. The molecule has 0 unspecified atom stereocenters. The van der Waals surface area contributed by atoms with Crippen molar-refractivity contribution in [3.05, 3.63) is 29.8 Å². The van der Waals surface area contributed by atoms with Gasteiger partial charge in [0.05, 0.1) is 0 Å². The van der Waals surface area contributed by atoms with Crippen LogP contribution in [0.15, 0.2) is 24.3 Å². The highest BCUT2D eigenvalue weighted by molar-refractivity contribution is 6.54. The Morgan fingerprint density at radius 2 is 1.47 bits per heavy atom. The van der Waals surface area contributed by atoms with Gasteiger partial charge < -0.3 is 0 Å². The minimum Gasteiger partial charge on any atom is -0.171 e. The second-order valence-corrected chi connectivity index (χ2v) is 7.71. The van der Waals surface area contributed by atoms with E-state index in [2.05, 4.69) is 38.1 Å². The zero-order valence-electron chi connectivity index (χ0n) is 13.1. The average molecular weight is 271 g/mol. The standard InChI is InChI=1S/C12H17.C6H13.Mg/c1-2-3-4-6-9-12-10-7-5-8-11-12;1-3-5-6-4-2;/h5,7-8,10H,2-4,6,9H2,1H3;1,3-6H2,2H3;. The van der Waals surface area contributed by atoms with Gasteiger partial charge in [-0.1, -0.05) is 88.6 Å². The van der Waals surface area contributed by atoms with Gasteiger partial charge >= 0.3 is 20.4 Å². The van der Waals surface area contributed by atoms with Gasteiger partial charge in [-0.15, -0.1) is 4.55 Å². The van der Waals surface area contributed by atoms with Gasteiger partial charge in [-0.3, -0.25) is 0 Å². The number of hydrogen-bond donors (Lipinski definition) is 0. The maximum atomic E-state index is 2.40. The molecule has 0 radical (unpaired) electrons. The monoisotopic (exact) mass is 270 g/mol. The Hall–Kier alpha value is -0.0138. The van der Waals surface area contributed by atoms with Crippen LogP contribution < -0.4 is 3.69 Å². The van der Waals surface area contributed by atoms with E-state index in [-0.39, 0.29) is 20.4 Å². The number of unbranched alkanes of at least 4 members (excludes halogenated alkanes) is 6. The fourth-order valence-electron chi connectivity index (χ4n) is 2.71. The van der Waals surface area contributed by atoms with Crippen LogP contribution in [0.5, 0.6) is 0 Å². The first-order valence-corrected chi connectivity index (χ1v) is 10.2. The first kappa shape index (κ1) is 17.0. The zero-order chi connectivity index (χ0) is 13.8. The molecule has 0 nitrogen and oxygen atoms in total. The van der Waals surface area contributed by atoms with Gasteiger partial charge in [-0.25, -0.2) is 0 Å². The lowest BCUT2D eigenvalue weighted by Gasteiger charge is -2.09. The number of rotatable bonds is 11. The predicted molar refractivity (Wildman–Crippen MR) is 88.6 cm³/mol. The topological polar surface area (TPSA) is 0 Å². The molecule has 0 atom stereocenters. The van der Waals surface area contributed by atoms with Crippen molar-refractivity contribution in [2.24, 2.45) is 0 Å². The molecule has 0 aliphatic rings. The Balaban J connectivity index is 2.31. The third-order valence-corrected chi connectivity index (χ3v) is 6.05. The molecule has 1 aromatic carbocycles. The van der Waals surface area contributed by atoms with Crippen LogP contribution in [0.25, 0.3) is 0 Å². The molecule has 0 aliphatic carbocycles. The van der Waals surface area contributed by atoms with Crippen LogP contribution >= 0.6 is 0 Å². The van der Waals surface area contributed by atoms with E-state index in [9.17, 15) is 0 Å². The normalized spacial score (nSPS) is 10.4. The lowest BCUT2D eigenvalue weighted by atomic mass is 10.1. The van der Waals surface area contributed by atoms with Crippen molar-refractivity contribution >= 4 is 24.1 Å². The van der Waals surface area contributed by atoms with Crippen LogP contribution in [0.4, 0.5) is 0 Å². The summed E-state index contributed by atoms with van der Waals surface area (Å²) in [5.41, 5.74) is 1.67.